The number of hydrogen-bond acceptors (Lipinski definition) is 6. The molecule has 2 amide bonds. The number of nitrogens with one attached hydrogen (secondary N) is 1. The zero-order valence-corrected chi connectivity index (χ0v) is 21.2. The number of methoxy groups -OCH3 is 3. The molecule has 2 aromatic carbocycles. The first-order valence-electron chi connectivity index (χ1n) is 11.7. The Balaban J connectivity index is 1.91. The lowest BCUT2D eigenvalue weighted by molar-refractivity contribution is -0.123. The van der Waals surface area contributed by atoms with Gasteiger partial charge in [-0.15, -0.1) is 0 Å². The Kier molecular flexibility index (Phi) is 8.05. The van der Waals surface area contributed by atoms with E-state index in [2.05, 4.69) is 5.32 Å². The number of rotatable bonds is 9. The van der Waals surface area contributed by atoms with Crippen molar-refractivity contribution in [1.82, 2.24) is 5.32 Å². The fourth-order valence-corrected chi connectivity index (χ4v) is 4.69. The Morgan fingerprint density at radius 1 is 0.972 bits per heavy atom. The van der Waals surface area contributed by atoms with Crippen LogP contribution in [0.3, 0.4) is 0 Å². The van der Waals surface area contributed by atoms with E-state index < -0.39 is 11.9 Å². The maximum atomic E-state index is 13.9. The predicted octanol–water partition coefficient (Wildman–Crippen LogP) is 5.41. The van der Waals surface area contributed by atoms with Crippen molar-refractivity contribution >= 4 is 29.1 Å². The molecule has 0 bridgehead atoms. The van der Waals surface area contributed by atoms with Crippen molar-refractivity contribution in [2.45, 2.75) is 37.8 Å². The molecule has 190 valence electrons. The summed E-state index contributed by atoms with van der Waals surface area (Å²) in [6, 6.07) is 12.1. The van der Waals surface area contributed by atoms with E-state index in [1.165, 1.54) is 32.5 Å². The molecule has 1 atom stereocenters. The molecule has 0 unspecified atom stereocenters. The molecule has 4 rings (SSSR count). The number of carbonyl (C=O) groups excluding carboxylic acids is 2. The van der Waals surface area contributed by atoms with Crippen LogP contribution in [0.1, 0.15) is 47.8 Å². The summed E-state index contributed by atoms with van der Waals surface area (Å²) in [4.78, 5) is 29.2. The van der Waals surface area contributed by atoms with Crippen LogP contribution >= 0.6 is 11.6 Å². The summed E-state index contributed by atoms with van der Waals surface area (Å²) in [6.45, 7) is 0. The van der Waals surface area contributed by atoms with E-state index >= 15 is 0 Å². The van der Waals surface area contributed by atoms with Crippen molar-refractivity contribution in [3.63, 3.8) is 0 Å². The van der Waals surface area contributed by atoms with Crippen LogP contribution in [0, 0.1) is 0 Å². The molecule has 1 aromatic heterocycles. The second-order valence-corrected chi connectivity index (χ2v) is 8.91. The van der Waals surface area contributed by atoms with Gasteiger partial charge in [0.25, 0.3) is 5.91 Å². The smallest absolute Gasteiger partial charge is 0.295 e. The van der Waals surface area contributed by atoms with E-state index in [9.17, 15) is 9.59 Å². The largest absolute Gasteiger partial charge is 0.495 e. The highest BCUT2D eigenvalue weighted by Crippen LogP contribution is 2.40. The highest BCUT2D eigenvalue weighted by Gasteiger charge is 2.37. The van der Waals surface area contributed by atoms with Crippen LogP contribution < -0.4 is 24.4 Å². The van der Waals surface area contributed by atoms with Gasteiger partial charge in [-0.1, -0.05) is 30.5 Å². The number of anilines is 1. The van der Waals surface area contributed by atoms with Crippen molar-refractivity contribution in [1.29, 1.82) is 0 Å². The van der Waals surface area contributed by atoms with Gasteiger partial charge in [-0.05, 0) is 60.9 Å². The number of nitrogens with zero attached hydrogens (tertiary/aromatic N) is 1. The van der Waals surface area contributed by atoms with Crippen molar-refractivity contribution in [3.05, 3.63) is 71.1 Å². The Morgan fingerprint density at radius 2 is 1.67 bits per heavy atom. The van der Waals surface area contributed by atoms with Gasteiger partial charge in [0.1, 0.15) is 11.8 Å². The number of benzene rings is 2. The maximum absolute atomic E-state index is 13.9. The van der Waals surface area contributed by atoms with E-state index in [4.69, 9.17) is 30.2 Å². The summed E-state index contributed by atoms with van der Waals surface area (Å²) in [5.41, 5.74) is 0.845. The molecule has 1 fully saturated rings. The lowest BCUT2D eigenvalue weighted by atomic mass is 10.0. The molecule has 1 saturated carbocycles. The van der Waals surface area contributed by atoms with Gasteiger partial charge in [-0.3, -0.25) is 14.5 Å². The van der Waals surface area contributed by atoms with Crippen LogP contribution in [0.25, 0.3) is 0 Å². The first kappa shape index (κ1) is 25.4. The summed E-state index contributed by atoms with van der Waals surface area (Å²) in [5.74, 6) is 0.505. The fourth-order valence-electron chi connectivity index (χ4n) is 4.53. The second kappa shape index (κ2) is 11.4. The molecular formula is C27H29ClN2O6. The quantitative estimate of drug-likeness (QED) is 0.412. The summed E-state index contributed by atoms with van der Waals surface area (Å²) in [5, 5.41) is 3.52. The van der Waals surface area contributed by atoms with Gasteiger partial charge < -0.3 is 23.9 Å². The number of ether oxygens (including phenoxy) is 3. The van der Waals surface area contributed by atoms with Crippen LogP contribution in [-0.4, -0.2) is 39.2 Å². The van der Waals surface area contributed by atoms with Gasteiger partial charge in [-0.2, -0.15) is 0 Å². The Labute approximate surface area is 215 Å². The van der Waals surface area contributed by atoms with Crippen molar-refractivity contribution in [3.8, 4) is 17.2 Å². The van der Waals surface area contributed by atoms with E-state index in [1.807, 2.05) is 0 Å². The molecule has 0 aliphatic heterocycles. The average Bonchev–Trinajstić information content (AvgIpc) is 3.61. The molecule has 9 heteroatoms. The molecule has 0 radical (unpaired) electrons. The molecule has 1 N–H and O–H groups in total. The molecule has 36 heavy (non-hydrogen) atoms. The van der Waals surface area contributed by atoms with Crippen molar-refractivity contribution in [2.24, 2.45) is 0 Å². The van der Waals surface area contributed by atoms with E-state index in [1.54, 1.807) is 48.5 Å². The van der Waals surface area contributed by atoms with Crippen molar-refractivity contribution < 1.29 is 28.2 Å². The van der Waals surface area contributed by atoms with E-state index in [-0.39, 0.29) is 17.7 Å². The Morgan fingerprint density at radius 3 is 2.31 bits per heavy atom. The molecule has 0 spiro atoms. The third kappa shape index (κ3) is 5.28. The standard InChI is InChI=1S/C27H29ClN2O6/c1-33-21-13-11-18(28)16-20(21)30(27(32)23-9-6-14-36-23)25(26(31)29-19-7-4-5-8-19)17-10-12-22(34-2)24(15-17)35-3/h6,9-16,19,25H,4-5,7-8H2,1-3H3,(H,29,31)/t25-/m1/s1. The first-order valence-corrected chi connectivity index (χ1v) is 12.1. The monoisotopic (exact) mass is 512 g/mol. The number of carbonyl (C=O) groups is 2. The van der Waals surface area contributed by atoms with E-state index in [0.29, 0.717) is 33.5 Å². The molecular weight excluding hydrogens is 484 g/mol. The molecule has 0 saturated heterocycles. The summed E-state index contributed by atoms with van der Waals surface area (Å²) < 4.78 is 21.9. The topological polar surface area (TPSA) is 90.2 Å². The Bertz CT molecular complexity index is 1210. The van der Waals surface area contributed by atoms with Gasteiger partial charge >= 0.3 is 0 Å². The van der Waals surface area contributed by atoms with Crippen LogP contribution in [0.4, 0.5) is 5.69 Å². The minimum absolute atomic E-state index is 0.0296. The first-order chi connectivity index (χ1) is 17.5. The van der Waals surface area contributed by atoms with Gasteiger partial charge in [0, 0.05) is 11.1 Å². The van der Waals surface area contributed by atoms with Gasteiger partial charge in [0.2, 0.25) is 5.91 Å². The molecule has 3 aromatic rings. The zero-order valence-electron chi connectivity index (χ0n) is 20.5. The van der Waals surface area contributed by atoms with Crippen LogP contribution in [0.5, 0.6) is 17.2 Å². The minimum Gasteiger partial charge on any atom is -0.495 e. The number of amides is 2. The molecule has 8 nitrogen and oxygen atoms in total. The number of hydrogen-bond donors (Lipinski definition) is 1. The predicted molar refractivity (Wildman–Crippen MR) is 136 cm³/mol. The lowest BCUT2D eigenvalue weighted by Crippen LogP contribution is -2.46. The lowest BCUT2D eigenvalue weighted by Gasteiger charge is -2.33. The fraction of sp³-hybridized carbons (Fsp3) is 0.333. The maximum Gasteiger partial charge on any atom is 0.295 e. The third-order valence-electron chi connectivity index (χ3n) is 6.28. The highest BCUT2D eigenvalue weighted by atomic mass is 35.5. The average molecular weight is 513 g/mol. The molecule has 1 aliphatic rings. The summed E-state index contributed by atoms with van der Waals surface area (Å²) in [7, 11) is 4.54. The van der Waals surface area contributed by atoms with Crippen molar-refractivity contribution in [2.75, 3.05) is 26.2 Å². The number of furan rings is 1. The normalized spacial score (nSPS) is 14.2. The van der Waals surface area contributed by atoms with Crippen LogP contribution in [0.2, 0.25) is 5.02 Å². The number of halogens is 1. The molecule has 1 heterocycles. The SMILES string of the molecule is COc1ccc([C@H](C(=O)NC2CCCC2)N(C(=O)c2ccco2)c2cc(Cl)ccc2OC)cc1OC. The van der Waals surface area contributed by atoms with Gasteiger partial charge in [0.15, 0.2) is 17.3 Å². The Hall–Kier alpha value is -3.65. The van der Waals surface area contributed by atoms with Gasteiger partial charge in [0.05, 0.1) is 33.3 Å². The summed E-state index contributed by atoms with van der Waals surface area (Å²) >= 11 is 6.35. The zero-order chi connectivity index (χ0) is 25.7. The van der Waals surface area contributed by atoms with Gasteiger partial charge in [-0.25, -0.2) is 0 Å². The van der Waals surface area contributed by atoms with Crippen LogP contribution in [0.15, 0.2) is 59.2 Å². The van der Waals surface area contributed by atoms with E-state index in [0.717, 1.165) is 25.7 Å². The highest BCUT2D eigenvalue weighted by molar-refractivity contribution is 6.31. The third-order valence-corrected chi connectivity index (χ3v) is 6.52. The van der Waals surface area contributed by atoms with Crippen LogP contribution in [-0.2, 0) is 4.79 Å². The molecule has 1 aliphatic carbocycles. The second-order valence-electron chi connectivity index (χ2n) is 8.48. The summed E-state index contributed by atoms with van der Waals surface area (Å²) in [6.07, 6.45) is 5.27. The minimum atomic E-state index is -1.09.